The van der Waals surface area contributed by atoms with Crippen molar-refractivity contribution in [1.82, 2.24) is 13.8 Å². The zero-order valence-corrected chi connectivity index (χ0v) is 18.3. The van der Waals surface area contributed by atoms with Crippen molar-refractivity contribution in [3.63, 3.8) is 0 Å². The van der Waals surface area contributed by atoms with Crippen LogP contribution in [0.5, 0.6) is 0 Å². The summed E-state index contributed by atoms with van der Waals surface area (Å²) >= 11 is 0. The van der Waals surface area contributed by atoms with Gasteiger partial charge in [0.25, 0.3) is 0 Å². The van der Waals surface area contributed by atoms with Gasteiger partial charge in [0, 0.05) is 26.2 Å². The third-order valence-electron chi connectivity index (χ3n) is 5.63. The number of hydrogen-bond donors (Lipinski definition) is 0. The number of alkyl halides is 3. The van der Waals surface area contributed by atoms with Crippen molar-refractivity contribution in [3.8, 4) is 0 Å². The molecule has 0 spiro atoms. The van der Waals surface area contributed by atoms with E-state index < -0.39 is 33.6 Å². The second kappa shape index (κ2) is 8.34. The van der Waals surface area contributed by atoms with E-state index in [1.807, 2.05) is 0 Å². The number of amides is 1. The summed E-state index contributed by atoms with van der Waals surface area (Å²) in [6.07, 6.45) is -4.56. The first kappa shape index (κ1) is 23.1. The number of rotatable bonds is 4. The van der Waals surface area contributed by atoms with Gasteiger partial charge in [-0.3, -0.25) is 9.36 Å². The highest BCUT2D eigenvalue weighted by Crippen LogP contribution is 2.30. The molecule has 0 bridgehead atoms. The van der Waals surface area contributed by atoms with Crippen LogP contribution in [0.2, 0.25) is 0 Å². The molecule has 1 fully saturated rings. The lowest BCUT2D eigenvalue weighted by molar-refractivity contribution is -0.137. The summed E-state index contributed by atoms with van der Waals surface area (Å²) in [5.74, 6) is -1.03. The number of hydrogen-bond acceptors (Lipinski definition) is 5. The van der Waals surface area contributed by atoms with Crippen molar-refractivity contribution in [2.24, 2.45) is 0 Å². The van der Waals surface area contributed by atoms with Gasteiger partial charge in [-0.25, -0.2) is 13.2 Å². The van der Waals surface area contributed by atoms with Gasteiger partial charge in [0.05, 0.1) is 16.0 Å². The average molecular weight is 483 g/mol. The Kier molecular flexibility index (Phi) is 5.83. The van der Waals surface area contributed by atoms with Crippen LogP contribution in [0.4, 0.5) is 13.2 Å². The predicted octanol–water partition coefficient (Wildman–Crippen LogP) is 2.71. The Balaban J connectivity index is 1.46. The van der Waals surface area contributed by atoms with Crippen LogP contribution in [0, 0.1) is 0 Å². The molecule has 1 aliphatic heterocycles. The van der Waals surface area contributed by atoms with Gasteiger partial charge in [-0.15, -0.1) is 0 Å². The fourth-order valence-corrected chi connectivity index (χ4v) is 5.26. The van der Waals surface area contributed by atoms with Crippen molar-refractivity contribution in [3.05, 3.63) is 64.6 Å². The molecule has 4 rings (SSSR count). The second-order valence-electron chi connectivity index (χ2n) is 7.63. The number of benzene rings is 2. The maximum absolute atomic E-state index is 13.0. The lowest BCUT2D eigenvalue weighted by Crippen LogP contribution is -2.52. The summed E-state index contributed by atoms with van der Waals surface area (Å²) in [7, 11) is -4.01. The normalized spacial score (nSPS) is 16.8. The quantitative estimate of drug-likeness (QED) is 0.569. The lowest BCUT2D eigenvalue weighted by Gasteiger charge is -2.35. The molecular formula is C21H20F3N3O5S. The number of carbonyl (C=O) groups excluding carboxylic acids is 1. The van der Waals surface area contributed by atoms with E-state index in [-0.39, 0.29) is 37.0 Å². The molecule has 1 aromatic heterocycles. The van der Waals surface area contributed by atoms with E-state index >= 15 is 0 Å². The second-order valence-corrected chi connectivity index (χ2v) is 9.57. The molecule has 33 heavy (non-hydrogen) atoms. The standard InChI is InChI=1S/C21H20F3N3O5S/c1-14(27-17-4-2-3-5-18(17)32-20(27)29)19(28)25-10-12-26(13-11-25)33(30,31)16-8-6-15(7-9-16)21(22,23)24/h2-9,14H,10-13H2,1H3. The Morgan fingerprint density at radius 2 is 1.61 bits per heavy atom. The molecule has 12 heteroatoms. The van der Waals surface area contributed by atoms with Crippen molar-refractivity contribution >= 4 is 27.0 Å². The topological polar surface area (TPSA) is 92.8 Å². The first-order valence-electron chi connectivity index (χ1n) is 10.1. The third-order valence-corrected chi connectivity index (χ3v) is 7.55. The molecular weight excluding hydrogens is 463 g/mol. The maximum Gasteiger partial charge on any atom is 0.420 e. The number of piperazine rings is 1. The minimum atomic E-state index is -4.56. The lowest BCUT2D eigenvalue weighted by atomic mass is 10.2. The highest BCUT2D eigenvalue weighted by atomic mass is 32.2. The number of sulfonamides is 1. The van der Waals surface area contributed by atoms with E-state index in [1.54, 1.807) is 31.2 Å². The Labute approximate surface area is 186 Å². The van der Waals surface area contributed by atoms with Crippen LogP contribution in [0.15, 0.2) is 62.6 Å². The predicted molar refractivity (Wildman–Crippen MR) is 112 cm³/mol. The smallest absolute Gasteiger partial charge is 0.408 e. The Morgan fingerprint density at radius 1 is 1.00 bits per heavy atom. The molecule has 2 aromatic carbocycles. The number of aromatic nitrogens is 1. The molecule has 0 saturated carbocycles. The van der Waals surface area contributed by atoms with Gasteiger partial charge in [0.15, 0.2) is 5.58 Å². The van der Waals surface area contributed by atoms with Crippen molar-refractivity contribution < 1.29 is 30.8 Å². The SMILES string of the molecule is CC(C(=O)N1CCN(S(=O)(=O)c2ccc(C(F)(F)F)cc2)CC1)n1c(=O)oc2ccccc21. The van der Waals surface area contributed by atoms with Gasteiger partial charge >= 0.3 is 11.9 Å². The molecule has 8 nitrogen and oxygen atoms in total. The van der Waals surface area contributed by atoms with Gasteiger partial charge in [-0.05, 0) is 43.3 Å². The third kappa shape index (κ3) is 4.27. The van der Waals surface area contributed by atoms with E-state index in [1.165, 1.54) is 9.47 Å². The van der Waals surface area contributed by atoms with E-state index in [2.05, 4.69) is 0 Å². The van der Waals surface area contributed by atoms with E-state index in [0.29, 0.717) is 11.1 Å². The Hall–Kier alpha value is -3.12. The number of halogens is 3. The number of carbonyl (C=O) groups is 1. The van der Waals surface area contributed by atoms with E-state index in [0.717, 1.165) is 28.6 Å². The zero-order valence-electron chi connectivity index (χ0n) is 17.4. The summed E-state index contributed by atoms with van der Waals surface area (Å²) in [4.78, 5) is 26.5. The molecule has 0 N–H and O–H groups in total. The highest BCUT2D eigenvalue weighted by molar-refractivity contribution is 7.89. The fourth-order valence-electron chi connectivity index (χ4n) is 3.84. The van der Waals surface area contributed by atoms with Gasteiger partial charge in [-0.2, -0.15) is 17.5 Å². The molecule has 1 unspecified atom stereocenters. The van der Waals surface area contributed by atoms with E-state index in [9.17, 15) is 31.2 Å². The number of fused-ring (bicyclic) bond motifs is 1. The molecule has 2 heterocycles. The van der Waals surface area contributed by atoms with Crippen LogP contribution in [-0.4, -0.2) is 54.3 Å². The van der Waals surface area contributed by atoms with Gasteiger partial charge in [0.1, 0.15) is 6.04 Å². The zero-order chi connectivity index (χ0) is 24.0. The first-order chi connectivity index (χ1) is 15.5. The largest absolute Gasteiger partial charge is 0.420 e. The summed E-state index contributed by atoms with van der Waals surface area (Å²) < 4.78 is 71.4. The fraction of sp³-hybridized carbons (Fsp3) is 0.333. The Bertz CT molecular complexity index is 1340. The van der Waals surface area contributed by atoms with Crippen LogP contribution in [0.1, 0.15) is 18.5 Å². The average Bonchev–Trinajstić information content (AvgIpc) is 3.13. The first-order valence-corrected chi connectivity index (χ1v) is 11.5. The van der Waals surface area contributed by atoms with Gasteiger partial charge in [-0.1, -0.05) is 12.1 Å². The monoisotopic (exact) mass is 483 g/mol. The number of nitrogens with zero attached hydrogens (tertiary/aromatic N) is 3. The van der Waals surface area contributed by atoms with Crippen molar-refractivity contribution in [1.29, 1.82) is 0 Å². The van der Waals surface area contributed by atoms with Crippen molar-refractivity contribution in [2.45, 2.75) is 24.0 Å². The van der Waals surface area contributed by atoms with Crippen LogP contribution >= 0.6 is 0 Å². The minimum absolute atomic E-state index is 0.0250. The summed E-state index contributed by atoms with van der Waals surface area (Å²) in [5, 5.41) is 0. The molecule has 1 saturated heterocycles. The Morgan fingerprint density at radius 3 is 2.21 bits per heavy atom. The van der Waals surface area contributed by atoms with Crippen LogP contribution in [0.3, 0.4) is 0 Å². The number of oxazole rings is 1. The maximum atomic E-state index is 13.0. The molecule has 1 atom stereocenters. The molecule has 0 aliphatic carbocycles. The summed E-state index contributed by atoms with van der Waals surface area (Å²) in [5.41, 5.74) is -0.102. The van der Waals surface area contributed by atoms with Crippen LogP contribution in [0.25, 0.3) is 11.1 Å². The van der Waals surface area contributed by atoms with Crippen LogP contribution in [-0.2, 0) is 21.0 Å². The van der Waals surface area contributed by atoms with Crippen LogP contribution < -0.4 is 5.76 Å². The van der Waals surface area contributed by atoms with Crippen molar-refractivity contribution in [2.75, 3.05) is 26.2 Å². The van der Waals surface area contributed by atoms with E-state index in [4.69, 9.17) is 4.42 Å². The highest BCUT2D eigenvalue weighted by Gasteiger charge is 2.34. The summed E-state index contributed by atoms with van der Waals surface area (Å²) in [6.45, 7) is 1.67. The van der Waals surface area contributed by atoms with Gasteiger partial charge < -0.3 is 9.32 Å². The minimum Gasteiger partial charge on any atom is -0.408 e. The molecule has 0 radical (unpaired) electrons. The number of para-hydroxylation sites is 2. The molecule has 176 valence electrons. The molecule has 1 amide bonds. The molecule has 3 aromatic rings. The molecule has 1 aliphatic rings. The van der Waals surface area contributed by atoms with Gasteiger partial charge in [0.2, 0.25) is 15.9 Å². The summed E-state index contributed by atoms with van der Waals surface area (Å²) in [6, 6.07) is 9.15.